The van der Waals surface area contributed by atoms with Gasteiger partial charge in [0.25, 0.3) is 0 Å². The molecule has 0 saturated carbocycles. The lowest BCUT2D eigenvalue weighted by atomic mass is 9.88. The molecule has 27 heavy (non-hydrogen) atoms. The van der Waals surface area contributed by atoms with Gasteiger partial charge >= 0.3 is 6.09 Å². The van der Waals surface area contributed by atoms with Gasteiger partial charge in [0.1, 0.15) is 6.10 Å². The van der Waals surface area contributed by atoms with Gasteiger partial charge in [-0.05, 0) is 47.2 Å². The number of nitrogens with zero attached hydrogens (tertiary/aromatic N) is 1. The summed E-state index contributed by atoms with van der Waals surface area (Å²) in [5.41, 5.74) is 4.66. The lowest BCUT2D eigenvalue weighted by Gasteiger charge is -2.30. The normalized spacial score (nSPS) is 18.3. The maximum absolute atomic E-state index is 12.0. The van der Waals surface area contributed by atoms with Gasteiger partial charge < -0.3 is 9.84 Å². The van der Waals surface area contributed by atoms with Crippen molar-refractivity contribution >= 4 is 44.9 Å². The molecule has 1 N–H and O–H groups in total. The van der Waals surface area contributed by atoms with Crippen LogP contribution in [0, 0.1) is 0 Å². The van der Waals surface area contributed by atoms with E-state index in [2.05, 4.69) is 65.3 Å². The van der Waals surface area contributed by atoms with E-state index in [-0.39, 0.29) is 24.7 Å². The zero-order chi connectivity index (χ0) is 19.4. The summed E-state index contributed by atoms with van der Waals surface area (Å²) in [6, 6.07) is 14.8. The van der Waals surface area contributed by atoms with Crippen molar-refractivity contribution in [1.29, 1.82) is 0 Å². The summed E-state index contributed by atoms with van der Waals surface area (Å²) >= 11 is 5.48. The van der Waals surface area contributed by atoms with Crippen molar-refractivity contribution in [3.63, 3.8) is 0 Å². The van der Waals surface area contributed by atoms with E-state index in [1.165, 1.54) is 11.1 Å². The molecule has 2 aromatic carbocycles. The second kappa shape index (κ2) is 9.39. The number of aliphatic hydroxyl groups excluding tert-OH is 1. The van der Waals surface area contributed by atoms with Crippen LogP contribution in [0.4, 0.5) is 4.79 Å². The summed E-state index contributed by atoms with van der Waals surface area (Å²) in [5.74, 6) is 0.240. The number of aliphatic hydroxyl groups is 1. The highest BCUT2D eigenvalue weighted by Crippen LogP contribution is 2.34. The van der Waals surface area contributed by atoms with Crippen LogP contribution in [0.15, 0.2) is 46.9 Å². The highest BCUT2D eigenvalue weighted by atomic mass is 127. The summed E-state index contributed by atoms with van der Waals surface area (Å²) in [4.78, 5) is 12.0. The Morgan fingerprint density at radius 2 is 1.96 bits per heavy atom. The third kappa shape index (κ3) is 5.03. The second-order valence-corrected chi connectivity index (χ2v) is 8.89. The number of carbonyl (C=O) groups excluding carboxylic acids is 1. The molecule has 1 unspecified atom stereocenters. The molecule has 2 atom stereocenters. The first-order valence-electron chi connectivity index (χ1n) is 9.12. The zero-order valence-electron chi connectivity index (χ0n) is 15.2. The summed E-state index contributed by atoms with van der Waals surface area (Å²) in [5, 5.41) is 9.22. The number of rotatable bonds is 6. The molecular formula is C21H23BrINO3. The fraction of sp³-hybridized carbons (Fsp3) is 0.381. The second-order valence-electron chi connectivity index (χ2n) is 6.81. The van der Waals surface area contributed by atoms with E-state index in [1.54, 1.807) is 3.11 Å². The van der Waals surface area contributed by atoms with Crippen molar-refractivity contribution in [3.8, 4) is 0 Å². The fourth-order valence-electron chi connectivity index (χ4n) is 3.40. The van der Waals surface area contributed by atoms with Crippen molar-refractivity contribution in [1.82, 2.24) is 3.11 Å². The van der Waals surface area contributed by atoms with Gasteiger partial charge in [-0.2, -0.15) is 0 Å². The van der Waals surface area contributed by atoms with Crippen molar-refractivity contribution in [2.24, 2.45) is 0 Å². The summed E-state index contributed by atoms with van der Waals surface area (Å²) in [7, 11) is 0. The molecule has 3 rings (SSSR count). The van der Waals surface area contributed by atoms with E-state index < -0.39 is 0 Å². The average molecular weight is 544 g/mol. The van der Waals surface area contributed by atoms with Crippen LogP contribution in [-0.4, -0.2) is 27.5 Å². The van der Waals surface area contributed by atoms with E-state index in [4.69, 9.17) is 4.74 Å². The SMILES string of the molecule is C[C@@H](c1ccc(Br)cc1)c1ccc(CCCO)c(C2CCN(I)C(=O)O2)c1. The Labute approximate surface area is 182 Å². The third-order valence-electron chi connectivity index (χ3n) is 5.02. The number of hydrogen-bond donors (Lipinski definition) is 1. The molecule has 1 fully saturated rings. The topological polar surface area (TPSA) is 49.8 Å². The standard InChI is InChI=1S/C21H23BrINO3/c1-14(15-6-8-18(22)9-7-15)17-5-4-16(3-2-12-25)19(13-17)20-10-11-24(23)21(26)27-20/h4-9,13-14,20,25H,2-3,10-12H2,1H3/t14-,20?/m0/s1. The quantitative estimate of drug-likeness (QED) is 0.372. The number of cyclic esters (lactones) is 1. The van der Waals surface area contributed by atoms with E-state index in [1.807, 2.05) is 22.9 Å². The molecular weight excluding hydrogens is 521 g/mol. The minimum Gasteiger partial charge on any atom is -0.441 e. The van der Waals surface area contributed by atoms with Crippen LogP contribution in [0.2, 0.25) is 0 Å². The molecule has 1 aliphatic heterocycles. The predicted molar refractivity (Wildman–Crippen MR) is 118 cm³/mol. The van der Waals surface area contributed by atoms with Gasteiger partial charge in [0.2, 0.25) is 0 Å². The van der Waals surface area contributed by atoms with Crippen LogP contribution in [0.5, 0.6) is 0 Å². The molecule has 0 aromatic heterocycles. The number of halogens is 2. The Morgan fingerprint density at radius 3 is 2.63 bits per heavy atom. The molecule has 1 aliphatic rings. The van der Waals surface area contributed by atoms with Crippen LogP contribution in [0.1, 0.15) is 54.0 Å². The lowest BCUT2D eigenvalue weighted by molar-refractivity contribution is 0.0548. The summed E-state index contributed by atoms with van der Waals surface area (Å²) < 4.78 is 8.32. The largest absolute Gasteiger partial charge is 0.441 e. The molecule has 1 saturated heterocycles. The van der Waals surface area contributed by atoms with Gasteiger partial charge in [0, 0.05) is 30.0 Å². The maximum atomic E-state index is 12.0. The molecule has 2 aromatic rings. The molecule has 0 bridgehead atoms. The Bertz CT molecular complexity index is 797. The van der Waals surface area contributed by atoms with E-state index in [0.717, 1.165) is 28.4 Å². The van der Waals surface area contributed by atoms with Gasteiger partial charge in [-0.15, -0.1) is 0 Å². The highest BCUT2D eigenvalue weighted by molar-refractivity contribution is 14.1. The Kier molecular flexibility index (Phi) is 7.16. The molecule has 6 heteroatoms. The first-order chi connectivity index (χ1) is 13.0. The van der Waals surface area contributed by atoms with Crippen molar-refractivity contribution in [3.05, 3.63) is 69.2 Å². The summed E-state index contributed by atoms with van der Waals surface area (Å²) in [6.45, 7) is 3.02. The Hall–Kier alpha value is -1.12. The maximum Gasteiger partial charge on any atom is 0.419 e. The van der Waals surface area contributed by atoms with Gasteiger partial charge in [-0.3, -0.25) is 0 Å². The van der Waals surface area contributed by atoms with E-state index >= 15 is 0 Å². The van der Waals surface area contributed by atoms with Gasteiger partial charge in [0.05, 0.1) is 22.9 Å². The molecule has 4 nitrogen and oxygen atoms in total. The van der Waals surface area contributed by atoms with Crippen LogP contribution in [0.3, 0.4) is 0 Å². The fourth-order valence-corrected chi connectivity index (χ4v) is 4.06. The molecule has 1 heterocycles. The molecule has 144 valence electrons. The predicted octanol–water partition coefficient (Wildman–Crippen LogP) is 5.76. The number of hydrogen-bond acceptors (Lipinski definition) is 3. The van der Waals surface area contributed by atoms with Crippen LogP contribution < -0.4 is 0 Å². The van der Waals surface area contributed by atoms with Crippen LogP contribution in [-0.2, 0) is 11.2 Å². The van der Waals surface area contributed by atoms with Crippen molar-refractivity contribution < 1.29 is 14.6 Å². The minimum absolute atomic E-state index is 0.155. The van der Waals surface area contributed by atoms with Crippen LogP contribution in [0.25, 0.3) is 0 Å². The number of carbonyl (C=O) groups is 1. The van der Waals surface area contributed by atoms with Crippen LogP contribution >= 0.6 is 38.8 Å². The lowest BCUT2D eigenvalue weighted by Crippen LogP contribution is -2.32. The Balaban J connectivity index is 1.92. The molecule has 0 spiro atoms. The first-order valence-corrected chi connectivity index (χ1v) is 10.9. The zero-order valence-corrected chi connectivity index (χ0v) is 18.9. The number of benzene rings is 2. The number of ether oxygens (including phenoxy) is 1. The highest BCUT2D eigenvalue weighted by Gasteiger charge is 2.28. The summed E-state index contributed by atoms with van der Waals surface area (Å²) in [6.07, 6.45) is 1.74. The third-order valence-corrected chi connectivity index (χ3v) is 6.42. The first kappa shape index (κ1) is 20.6. The van der Waals surface area contributed by atoms with E-state index in [9.17, 15) is 9.90 Å². The van der Waals surface area contributed by atoms with Crippen molar-refractivity contribution in [2.45, 2.75) is 38.2 Å². The monoisotopic (exact) mass is 543 g/mol. The molecule has 0 radical (unpaired) electrons. The smallest absolute Gasteiger partial charge is 0.419 e. The average Bonchev–Trinajstić information content (AvgIpc) is 2.68. The number of aryl methyl sites for hydroxylation is 1. The van der Waals surface area contributed by atoms with Gasteiger partial charge in [-0.25, -0.2) is 7.91 Å². The molecule has 1 amide bonds. The van der Waals surface area contributed by atoms with Gasteiger partial charge in [0.15, 0.2) is 0 Å². The van der Waals surface area contributed by atoms with Crippen molar-refractivity contribution in [2.75, 3.05) is 13.2 Å². The Morgan fingerprint density at radius 1 is 1.26 bits per heavy atom. The van der Waals surface area contributed by atoms with E-state index in [0.29, 0.717) is 13.0 Å². The minimum atomic E-state index is -0.286. The van der Waals surface area contributed by atoms with Gasteiger partial charge in [-0.1, -0.05) is 53.2 Å². The number of amides is 1. The molecule has 0 aliphatic carbocycles.